The first-order valence-electron chi connectivity index (χ1n) is 11.2. The third-order valence-electron chi connectivity index (χ3n) is 6.69. The summed E-state index contributed by atoms with van der Waals surface area (Å²) in [5, 5.41) is 4.26. The van der Waals surface area contributed by atoms with Crippen LogP contribution in [0.25, 0.3) is 21.8 Å². The molecule has 1 saturated heterocycles. The van der Waals surface area contributed by atoms with E-state index in [9.17, 15) is 14.0 Å². The second kappa shape index (κ2) is 8.79. The zero-order chi connectivity index (χ0) is 22.8. The van der Waals surface area contributed by atoms with Gasteiger partial charge in [0, 0.05) is 35.9 Å². The van der Waals surface area contributed by atoms with Crippen molar-refractivity contribution in [2.24, 2.45) is 0 Å². The van der Waals surface area contributed by atoms with Crippen molar-refractivity contribution >= 4 is 27.7 Å². The summed E-state index contributed by atoms with van der Waals surface area (Å²) >= 11 is 0. The van der Waals surface area contributed by atoms with Crippen molar-refractivity contribution in [3.8, 4) is 0 Å². The van der Waals surface area contributed by atoms with Gasteiger partial charge in [-0.05, 0) is 54.8 Å². The van der Waals surface area contributed by atoms with Crippen molar-refractivity contribution in [1.29, 1.82) is 0 Å². The summed E-state index contributed by atoms with van der Waals surface area (Å²) in [7, 11) is 0. The van der Waals surface area contributed by atoms with Crippen molar-refractivity contribution < 1.29 is 13.9 Å². The Labute approximate surface area is 190 Å². The molecule has 0 spiro atoms. The van der Waals surface area contributed by atoms with E-state index in [1.807, 2.05) is 47.0 Å². The molecule has 0 unspecified atom stereocenters. The van der Waals surface area contributed by atoms with Crippen molar-refractivity contribution in [1.82, 2.24) is 9.88 Å². The number of hydrogen-bond acceptors (Lipinski definition) is 3. The smallest absolute Gasteiger partial charge is 0.239 e. The number of benzene rings is 3. The molecule has 0 aliphatic carbocycles. The average molecular weight is 445 g/mol. The minimum Gasteiger partial charge on any atom is -0.381 e. The van der Waals surface area contributed by atoms with E-state index in [0.717, 1.165) is 16.6 Å². The summed E-state index contributed by atoms with van der Waals surface area (Å²) in [5.74, 6) is -0.438. The van der Waals surface area contributed by atoms with Crippen molar-refractivity contribution in [3.63, 3.8) is 0 Å². The van der Waals surface area contributed by atoms with E-state index < -0.39 is 0 Å². The first kappa shape index (κ1) is 21.3. The van der Waals surface area contributed by atoms with E-state index in [1.165, 1.54) is 6.07 Å². The Morgan fingerprint density at radius 3 is 2.21 bits per heavy atom. The Morgan fingerprint density at radius 2 is 1.58 bits per heavy atom. The van der Waals surface area contributed by atoms with Gasteiger partial charge in [-0.25, -0.2) is 4.39 Å². The quantitative estimate of drug-likeness (QED) is 0.471. The maximum Gasteiger partial charge on any atom is 0.239 e. The standard InChI is InChI=1S/C27H25FN2O3/c28-20-7-5-6-19(16-20)27(12-14-33-15-13-27)18-29-25(31)17-30-23-10-3-1-8-21(23)26(32)22-9-2-4-11-24(22)30/h1-11,16H,12-15,17-18H2,(H,29,31). The van der Waals surface area contributed by atoms with Crippen LogP contribution in [0.5, 0.6) is 0 Å². The van der Waals surface area contributed by atoms with E-state index in [-0.39, 0.29) is 29.1 Å². The summed E-state index contributed by atoms with van der Waals surface area (Å²) in [4.78, 5) is 26.1. The summed E-state index contributed by atoms with van der Waals surface area (Å²) in [6, 6.07) is 21.3. The van der Waals surface area contributed by atoms with Crippen LogP contribution >= 0.6 is 0 Å². The molecule has 1 fully saturated rings. The van der Waals surface area contributed by atoms with Crippen LogP contribution < -0.4 is 10.7 Å². The van der Waals surface area contributed by atoms with Gasteiger partial charge in [0.25, 0.3) is 0 Å². The molecule has 0 atom stereocenters. The summed E-state index contributed by atoms with van der Waals surface area (Å²) in [5.41, 5.74) is 1.92. The molecule has 5 nitrogen and oxygen atoms in total. The van der Waals surface area contributed by atoms with Gasteiger partial charge in [-0.1, -0.05) is 36.4 Å². The number of hydrogen-bond donors (Lipinski definition) is 1. The van der Waals surface area contributed by atoms with E-state index in [2.05, 4.69) is 5.32 Å². The number of ether oxygens (including phenoxy) is 1. The SMILES string of the molecule is O=C(Cn1c2ccccc2c(=O)c2ccccc21)NCC1(c2cccc(F)c2)CCOCC1. The second-order valence-corrected chi connectivity index (χ2v) is 8.63. The number of aromatic nitrogens is 1. The first-order chi connectivity index (χ1) is 16.1. The van der Waals surface area contributed by atoms with Gasteiger partial charge in [-0.15, -0.1) is 0 Å². The molecule has 4 aromatic rings. The highest BCUT2D eigenvalue weighted by Gasteiger charge is 2.35. The number of pyridine rings is 1. The molecule has 6 heteroatoms. The Bertz CT molecular complexity index is 1330. The topological polar surface area (TPSA) is 60.3 Å². The molecule has 1 aromatic heterocycles. The van der Waals surface area contributed by atoms with Gasteiger partial charge in [0.1, 0.15) is 12.4 Å². The molecule has 1 aliphatic heterocycles. The number of carbonyl (C=O) groups excluding carboxylic acids is 1. The monoisotopic (exact) mass is 444 g/mol. The van der Waals surface area contributed by atoms with Crippen LogP contribution in [0.3, 0.4) is 0 Å². The third kappa shape index (κ3) is 4.02. The Morgan fingerprint density at radius 1 is 0.939 bits per heavy atom. The van der Waals surface area contributed by atoms with Gasteiger partial charge >= 0.3 is 0 Å². The highest BCUT2D eigenvalue weighted by molar-refractivity contribution is 5.94. The van der Waals surface area contributed by atoms with Crippen LogP contribution in [0.15, 0.2) is 77.6 Å². The average Bonchev–Trinajstić information content (AvgIpc) is 2.86. The Balaban J connectivity index is 1.45. The molecule has 0 bridgehead atoms. The summed E-state index contributed by atoms with van der Waals surface area (Å²) in [6.07, 6.45) is 1.42. The summed E-state index contributed by atoms with van der Waals surface area (Å²) in [6.45, 7) is 1.62. The largest absolute Gasteiger partial charge is 0.381 e. The van der Waals surface area contributed by atoms with Gasteiger partial charge in [0.2, 0.25) is 5.91 Å². The minimum absolute atomic E-state index is 0.0369. The fourth-order valence-corrected chi connectivity index (χ4v) is 4.86. The molecular formula is C27H25FN2O3. The van der Waals surface area contributed by atoms with Crippen molar-refractivity contribution in [2.75, 3.05) is 19.8 Å². The Hall–Kier alpha value is -3.51. The minimum atomic E-state index is -0.371. The normalized spacial score (nSPS) is 15.5. The number of rotatable bonds is 5. The molecule has 5 rings (SSSR count). The molecule has 1 aliphatic rings. The highest BCUT2D eigenvalue weighted by atomic mass is 19.1. The fraction of sp³-hybridized carbons (Fsp3) is 0.259. The predicted molar refractivity (Wildman–Crippen MR) is 127 cm³/mol. The number of para-hydroxylation sites is 2. The molecule has 33 heavy (non-hydrogen) atoms. The van der Waals surface area contributed by atoms with Crippen molar-refractivity contribution in [2.45, 2.75) is 24.8 Å². The van der Waals surface area contributed by atoms with Gasteiger partial charge < -0.3 is 14.6 Å². The number of carbonyl (C=O) groups is 1. The van der Waals surface area contributed by atoms with Crippen LogP contribution in [0.2, 0.25) is 0 Å². The summed E-state index contributed by atoms with van der Waals surface area (Å²) < 4.78 is 21.4. The molecule has 1 amide bonds. The van der Waals surface area contributed by atoms with E-state index in [0.29, 0.717) is 43.4 Å². The lowest BCUT2D eigenvalue weighted by molar-refractivity contribution is -0.122. The third-order valence-corrected chi connectivity index (χ3v) is 6.69. The van der Waals surface area contributed by atoms with Crippen LogP contribution in [-0.4, -0.2) is 30.2 Å². The van der Waals surface area contributed by atoms with Gasteiger partial charge in [0.15, 0.2) is 5.43 Å². The van der Waals surface area contributed by atoms with Crippen LogP contribution in [0.4, 0.5) is 4.39 Å². The number of nitrogens with zero attached hydrogens (tertiary/aromatic N) is 1. The van der Waals surface area contributed by atoms with Gasteiger partial charge in [0.05, 0.1) is 11.0 Å². The van der Waals surface area contributed by atoms with Crippen LogP contribution in [-0.2, 0) is 21.5 Å². The van der Waals surface area contributed by atoms with Gasteiger partial charge in [-0.3, -0.25) is 9.59 Å². The Kier molecular flexibility index (Phi) is 5.68. The molecule has 3 aromatic carbocycles. The molecule has 0 radical (unpaired) electrons. The van der Waals surface area contributed by atoms with Crippen molar-refractivity contribution in [3.05, 3.63) is 94.4 Å². The first-order valence-corrected chi connectivity index (χ1v) is 11.2. The predicted octanol–water partition coefficient (Wildman–Crippen LogP) is 4.16. The number of fused-ring (bicyclic) bond motifs is 2. The highest BCUT2D eigenvalue weighted by Crippen LogP contribution is 2.34. The van der Waals surface area contributed by atoms with Gasteiger partial charge in [-0.2, -0.15) is 0 Å². The number of amides is 1. The molecule has 2 heterocycles. The van der Waals surface area contributed by atoms with E-state index >= 15 is 0 Å². The maximum absolute atomic E-state index is 14.0. The lowest BCUT2D eigenvalue weighted by Crippen LogP contribution is -2.45. The molecule has 0 saturated carbocycles. The molecule has 1 N–H and O–H groups in total. The van der Waals surface area contributed by atoms with Crippen LogP contribution in [0.1, 0.15) is 18.4 Å². The van der Waals surface area contributed by atoms with E-state index in [1.54, 1.807) is 24.3 Å². The lowest BCUT2D eigenvalue weighted by atomic mass is 9.74. The number of nitrogens with one attached hydrogen (secondary N) is 1. The van der Waals surface area contributed by atoms with Crippen LogP contribution in [0, 0.1) is 5.82 Å². The fourth-order valence-electron chi connectivity index (χ4n) is 4.86. The lowest BCUT2D eigenvalue weighted by Gasteiger charge is -2.38. The molecule has 168 valence electrons. The zero-order valence-electron chi connectivity index (χ0n) is 18.2. The zero-order valence-corrected chi connectivity index (χ0v) is 18.2. The van der Waals surface area contributed by atoms with E-state index in [4.69, 9.17) is 4.74 Å². The molecular weight excluding hydrogens is 419 g/mol. The number of halogens is 1. The maximum atomic E-state index is 14.0. The second-order valence-electron chi connectivity index (χ2n) is 8.63.